The maximum Gasteiger partial charge on any atom is 0.151 e. The quantitative estimate of drug-likeness (QED) is 0.626. The summed E-state index contributed by atoms with van der Waals surface area (Å²) in [6.45, 7) is -0.225. The van der Waals surface area contributed by atoms with Gasteiger partial charge in [-0.2, -0.15) is 0 Å². The Hall–Kier alpha value is -1.73. The Morgan fingerprint density at radius 2 is 2.26 bits per heavy atom. The lowest BCUT2D eigenvalue weighted by Crippen LogP contribution is -2.25. The van der Waals surface area contributed by atoms with E-state index in [-0.39, 0.29) is 6.61 Å². The highest BCUT2D eigenvalue weighted by atomic mass is 19.1. The van der Waals surface area contributed by atoms with E-state index >= 15 is 0 Å². The van der Waals surface area contributed by atoms with Crippen molar-refractivity contribution in [3.8, 4) is 0 Å². The zero-order chi connectivity index (χ0) is 13.6. The summed E-state index contributed by atoms with van der Waals surface area (Å²) in [6.07, 6.45) is 0.818. The third-order valence-electron chi connectivity index (χ3n) is 3.91. The molecule has 1 saturated carbocycles. The van der Waals surface area contributed by atoms with E-state index in [9.17, 15) is 9.50 Å². The fourth-order valence-corrected chi connectivity index (χ4v) is 2.84. The number of aliphatic hydroxyl groups is 2. The van der Waals surface area contributed by atoms with Crippen molar-refractivity contribution in [1.82, 2.24) is 15.0 Å². The molecule has 0 unspecified atom stereocenters. The Balaban J connectivity index is 2.04. The standard InChI is InChI=1S/C12H15FN4O2/c13-8-6(1-5(3-18)11(8)19)7-2-15-10-9(7)16-4-17-12(10)14/h2,4-6,8,11,15,18-19H,1,3H2,(H2,14,16,17)/t5-,6+,8-,11-/m1/s1. The smallest absolute Gasteiger partial charge is 0.151 e. The van der Waals surface area contributed by atoms with Crippen LogP contribution in [-0.2, 0) is 0 Å². The van der Waals surface area contributed by atoms with Gasteiger partial charge in [-0.05, 0) is 6.42 Å². The summed E-state index contributed by atoms with van der Waals surface area (Å²) in [6, 6.07) is 0. The summed E-state index contributed by atoms with van der Waals surface area (Å²) in [7, 11) is 0. The van der Waals surface area contributed by atoms with Crippen LogP contribution in [0.2, 0.25) is 0 Å². The van der Waals surface area contributed by atoms with Crippen LogP contribution in [0.25, 0.3) is 11.0 Å². The second kappa shape index (κ2) is 4.43. The van der Waals surface area contributed by atoms with Gasteiger partial charge in [0, 0.05) is 30.2 Å². The van der Waals surface area contributed by atoms with Gasteiger partial charge < -0.3 is 20.9 Å². The van der Waals surface area contributed by atoms with Gasteiger partial charge in [0.1, 0.15) is 18.0 Å². The van der Waals surface area contributed by atoms with Gasteiger partial charge in [-0.25, -0.2) is 14.4 Å². The average molecular weight is 266 g/mol. The van der Waals surface area contributed by atoms with Gasteiger partial charge in [0.2, 0.25) is 0 Å². The van der Waals surface area contributed by atoms with E-state index in [0.717, 1.165) is 0 Å². The number of H-pyrrole nitrogens is 1. The normalized spacial score (nSPS) is 31.1. The molecule has 3 rings (SSSR count). The van der Waals surface area contributed by atoms with Gasteiger partial charge >= 0.3 is 0 Å². The molecule has 7 heteroatoms. The number of aromatic amines is 1. The van der Waals surface area contributed by atoms with Gasteiger partial charge in [-0.1, -0.05) is 0 Å². The van der Waals surface area contributed by atoms with Crippen molar-refractivity contribution in [2.24, 2.45) is 5.92 Å². The van der Waals surface area contributed by atoms with Crippen molar-refractivity contribution >= 4 is 16.9 Å². The molecule has 2 aromatic heterocycles. The molecule has 4 atom stereocenters. The van der Waals surface area contributed by atoms with Gasteiger partial charge in [0.25, 0.3) is 0 Å². The predicted octanol–water partition coefficient (Wildman–Crippen LogP) is 0.335. The highest BCUT2D eigenvalue weighted by molar-refractivity contribution is 5.87. The SMILES string of the molecule is Nc1ncnc2c([C@@H]3C[C@H](CO)[C@@H](O)[C@@H]3F)c[nH]c12. The van der Waals surface area contributed by atoms with Crippen molar-refractivity contribution < 1.29 is 14.6 Å². The summed E-state index contributed by atoms with van der Waals surface area (Å²) < 4.78 is 14.2. The van der Waals surface area contributed by atoms with Crippen LogP contribution in [-0.4, -0.2) is 44.0 Å². The zero-order valence-corrected chi connectivity index (χ0v) is 10.1. The summed E-state index contributed by atoms with van der Waals surface area (Å²) in [5.74, 6) is -0.622. The molecule has 0 amide bonds. The van der Waals surface area contributed by atoms with E-state index in [2.05, 4.69) is 15.0 Å². The minimum Gasteiger partial charge on any atom is -0.396 e. The van der Waals surface area contributed by atoms with Crippen molar-refractivity contribution in [3.63, 3.8) is 0 Å². The number of rotatable bonds is 2. The number of nitrogens with two attached hydrogens (primary N) is 1. The number of anilines is 1. The summed E-state index contributed by atoms with van der Waals surface area (Å²) in [5.41, 5.74) is 7.54. The first-order valence-electron chi connectivity index (χ1n) is 6.14. The average Bonchev–Trinajstić information content (AvgIpc) is 2.94. The molecule has 0 saturated heterocycles. The van der Waals surface area contributed by atoms with Gasteiger partial charge in [-0.3, -0.25) is 0 Å². The highest BCUT2D eigenvalue weighted by Gasteiger charge is 2.44. The van der Waals surface area contributed by atoms with Crippen LogP contribution in [0.15, 0.2) is 12.5 Å². The Kier molecular flexibility index (Phi) is 2.87. The minimum absolute atomic E-state index is 0.225. The number of alkyl halides is 1. The van der Waals surface area contributed by atoms with E-state index in [4.69, 9.17) is 10.8 Å². The third kappa shape index (κ3) is 1.77. The maximum atomic E-state index is 14.2. The first kappa shape index (κ1) is 12.3. The number of fused-ring (bicyclic) bond motifs is 1. The first-order valence-corrected chi connectivity index (χ1v) is 6.14. The molecule has 5 N–H and O–H groups in total. The summed E-state index contributed by atoms with van der Waals surface area (Å²) in [4.78, 5) is 10.9. The molecule has 2 heterocycles. The van der Waals surface area contributed by atoms with Crippen LogP contribution in [0.4, 0.5) is 10.2 Å². The molecule has 102 valence electrons. The molecule has 1 aliphatic carbocycles. The monoisotopic (exact) mass is 266 g/mol. The van der Waals surface area contributed by atoms with Crippen LogP contribution in [0.3, 0.4) is 0 Å². The largest absolute Gasteiger partial charge is 0.396 e. The molecule has 0 aliphatic heterocycles. The van der Waals surface area contributed by atoms with Crippen molar-refractivity contribution in [1.29, 1.82) is 0 Å². The van der Waals surface area contributed by atoms with E-state index in [1.807, 2.05) is 0 Å². The third-order valence-corrected chi connectivity index (χ3v) is 3.91. The van der Waals surface area contributed by atoms with E-state index in [1.54, 1.807) is 6.20 Å². The van der Waals surface area contributed by atoms with Gasteiger partial charge in [0.15, 0.2) is 5.82 Å². The summed E-state index contributed by atoms with van der Waals surface area (Å²) >= 11 is 0. The van der Waals surface area contributed by atoms with Gasteiger partial charge in [-0.15, -0.1) is 0 Å². The lowest BCUT2D eigenvalue weighted by Gasteiger charge is -2.13. The molecule has 1 aliphatic rings. The predicted molar refractivity (Wildman–Crippen MR) is 67.1 cm³/mol. The Bertz CT molecular complexity index is 602. The number of nitrogen functional groups attached to an aromatic ring is 1. The molecule has 19 heavy (non-hydrogen) atoms. The van der Waals surface area contributed by atoms with Crippen LogP contribution < -0.4 is 5.73 Å². The van der Waals surface area contributed by atoms with Gasteiger partial charge in [0.05, 0.1) is 11.6 Å². The van der Waals surface area contributed by atoms with Crippen LogP contribution in [0, 0.1) is 5.92 Å². The highest BCUT2D eigenvalue weighted by Crippen LogP contribution is 2.42. The maximum absolute atomic E-state index is 14.2. The van der Waals surface area contributed by atoms with Crippen molar-refractivity contribution in [3.05, 3.63) is 18.1 Å². The lowest BCUT2D eigenvalue weighted by atomic mass is 9.97. The number of hydrogen-bond acceptors (Lipinski definition) is 5. The summed E-state index contributed by atoms with van der Waals surface area (Å²) in [5, 5.41) is 18.9. The first-order chi connectivity index (χ1) is 9.13. The molecule has 0 spiro atoms. The number of nitrogens with zero attached hydrogens (tertiary/aromatic N) is 2. The number of nitrogens with one attached hydrogen (secondary N) is 1. The van der Waals surface area contributed by atoms with E-state index in [0.29, 0.717) is 28.8 Å². The van der Waals surface area contributed by atoms with Crippen LogP contribution >= 0.6 is 0 Å². The molecule has 1 fully saturated rings. The molecule has 0 aromatic carbocycles. The lowest BCUT2D eigenvalue weighted by molar-refractivity contribution is 0.0434. The molecule has 6 nitrogen and oxygen atoms in total. The topological polar surface area (TPSA) is 108 Å². The molecule has 2 aromatic rings. The second-order valence-electron chi connectivity index (χ2n) is 4.95. The molecule has 0 radical (unpaired) electrons. The van der Waals surface area contributed by atoms with Crippen molar-refractivity contribution in [2.75, 3.05) is 12.3 Å². The Morgan fingerprint density at radius 3 is 2.95 bits per heavy atom. The fraction of sp³-hybridized carbons (Fsp3) is 0.500. The number of aliphatic hydroxyl groups excluding tert-OH is 2. The zero-order valence-electron chi connectivity index (χ0n) is 10.1. The Morgan fingerprint density at radius 1 is 1.47 bits per heavy atom. The minimum atomic E-state index is -1.41. The van der Waals surface area contributed by atoms with Crippen molar-refractivity contribution in [2.45, 2.75) is 24.6 Å². The van der Waals surface area contributed by atoms with Crippen LogP contribution in [0.1, 0.15) is 17.9 Å². The molecular weight excluding hydrogens is 251 g/mol. The molecule has 0 bridgehead atoms. The Labute approximate surface area is 108 Å². The van der Waals surface area contributed by atoms with E-state index in [1.165, 1.54) is 6.33 Å². The number of halogens is 1. The fourth-order valence-electron chi connectivity index (χ4n) is 2.84. The van der Waals surface area contributed by atoms with Crippen LogP contribution in [0.5, 0.6) is 0 Å². The van der Waals surface area contributed by atoms with E-state index < -0.39 is 24.1 Å². The second-order valence-corrected chi connectivity index (χ2v) is 4.95. The molecular formula is C12H15FN4O2. The number of aromatic nitrogens is 3. The number of hydrogen-bond donors (Lipinski definition) is 4.